The van der Waals surface area contributed by atoms with Crippen LogP contribution in [0.2, 0.25) is 5.02 Å². The summed E-state index contributed by atoms with van der Waals surface area (Å²) in [4.78, 5) is 29.9. The van der Waals surface area contributed by atoms with Crippen LogP contribution in [0.25, 0.3) is 5.57 Å². The fourth-order valence-corrected chi connectivity index (χ4v) is 5.77. The maximum absolute atomic E-state index is 13.9. The standard InChI is InChI=1S/C33H36ClN3O3/c1-23(38)37-21-28-20-30(26-13-11-25(12-14-26)16-18-40-29-10-6-9-27(34)19-29)32(31(22-37)35-28)33(39)36(2)17-15-24-7-4-3-5-8-24/h3-14,19,28,31,35H,15-18,20-22H2,1-2H3/t28?,31-/m1/s1. The first-order valence-corrected chi connectivity index (χ1v) is 14.3. The minimum Gasteiger partial charge on any atom is -0.493 e. The number of halogens is 1. The zero-order valence-electron chi connectivity index (χ0n) is 23.1. The minimum atomic E-state index is -0.191. The summed E-state index contributed by atoms with van der Waals surface area (Å²) in [5.41, 5.74) is 5.28. The molecule has 0 spiro atoms. The van der Waals surface area contributed by atoms with E-state index in [4.69, 9.17) is 16.3 Å². The van der Waals surface area contributed by atoms with Crippen LogP contribution in [0.1, 0.15) is 30.0 Å². The first-order valence-electron chi connectivity index (χ1n) is 13.9. The first kappa shape index (κ1) is 27.9. The molecule has 0 aliphatic carbocycles. The van der Waals surface area contributed by atoms with Crippen LogP contribution in [0.3, 0.4) is 0 Å². The molecule has 0 radical (unpaired) electrons. The molecule has 208 valence electrons. The van der Waals surface area contributed by atoms with Gasteiger partial charge in [0, 0.05) is 56.7 Å². The van der Waals surface area contributed by atoms with E-state index in [1.807, 2.05) is 59.3 Å². The number of nitrogens with one attached hydrogen (secondary N) is 1. The van der Waals surface area contributed by atoms with Crippen LogP contribution in [0, 0.1) is 0 Å². The molecule has 1 N–H and O–H groups in total. The molecule has 0 saturated carbocycles. The van der Waals surface area contributed by atoms with Crippen molar-refractivity contribution in [3.05, 3.63) is 106 Å². The van der Waals surface area contributed by atoms with Crippen molar-refractivity contribution in [2.45, 2.75) is 38.3 Å². The van der Waals surface area contributed by atoms with Crippen molar-refractivity contribution in [2.75, 3.05) is 33.3 Å². The quantitative estimate of drug-likeness (QED) is 0.402. The summed E-state index contributed by atoms with van der Waals surface area (Å²) >= 11 is 6.05. The number of rotatable bonds is 9. The van der Waals surface area contributed by atoms with Crippen molar-refractivity contribution in [3.63, 3.8) is 0 Å². The van der Waals surface area contributed by atoms with Gasteiger partial charge in [-0.15, -0.1) is 0 Å². The van der Waals surface area contributed by atoms with Crippen LogP contribution in [0.15, 0.2) is 84.4 Å². The van der Waals surface area contributed by atoms with E-state index in [2.05, 4.69) is 41.7 Å². The molecule has 3 aromatic rings. The Bertz CT molecular complexity index is 1370. The highest BCUT2D eigenvalue weighted by Crippen LogP contribution is 2.34. The average Bonchev–Trinajstić information content (AvgIpc) is 2.96. The number of carbonyl (C=O) groups is 2. The summed E-state index contributed by atoms with van der Waals surface area (Å²) in [6.07, 6.45) is 2.25. The summed E-state index contributed by atoms with van der Waals surface area (Å²) in [6, 6.07) is 26.0. The van der Waals surface area contributed by atoms with Crippen molar-refractivity contribution in [2.24, 2.45) is 0 Å². The van der Waals surface area contributed by atoms with E-state index >= 15 is 0 Å². The minimum absolute atomic E-state index is 0.0197. The van der Waals surface area contributed by atoms with Gasteiger partial charge in [-0.05, 0) is 53.3 Å². The molecule has 0 aromatic heterocycles. The maximum atomic E-state index is 13.9. The van der Waals surface area contributed by atoms with Gasteiger partial charge in [0.25, 0.3) is 5.91 Å². The third-order valence-corrected chi connectivity index (χ3v) is 8.00. The predicted octanol–water partition coefficient (Wildman–Crippen LogP) is 5.01. The molecule has 2 atom stereocenters. The Kier molecular flexibility index (Phi) is 8.88. The zero-order valence-corrected chi connectivity index (χ0v) is 23.9. The number of hydrogen-bond donors (Lipinski definition) is 1. The number of hydrogen-bond acceptors (Lipinski definition) is 4. The van der Waals surface area contributed by atoms with Crippen molar-refractivity contribution in [1.82, 2.24) is 15.1 Å². The number of benzene rings is 3. The number of carbonyl (C=O) groups excluding carboxylic acids is 2. The van der Waals surface area contributed by atoms with Gasteiger partial charge in [-0.25, -0.2) is 0 Å². The normalized spacial score (nSPS) is 18.4. The Morgan fingerprint density at radius 2 is 1.73 bits per heavy atom. The molecule has 6 nitrogen and oxygen atoms in total. The van der Waals surface area contributed by atoms with Crippen LogP contribution < -0.4 is 10.1 Å². The molecule has 5 rings (SSSR count). The second-order valence-electron chi connectivity index (χ2n) is 10.7. The lowest BCUT2D eigenvalue weighted by Crippen LogP contribution is -2.61. The van der Waals surface area contributed by atoms with Gasteiger partial charge < -0.3 is 19.9 Å². The number of nitrogens with zero attached hydrogens (tertiary/aromatic N) is 2. The summed E-state index contributed by atoms with van der Waals surface area (Å²) in [6.45, 7) is 3.93. The molecular weight excluding hydrogens is 522 g/mol. The zero-order chi connectivity index (χ0) is 28.1. The van der Waals surface area contributed by atoms with Crippen molar-refractivity contribution in [1.29, 1.82) is 0 Å². The molecule has 2 aliphatic rings. The van der Waals surface area contributed by atoms with Crippen LogP contribution in [0.4, 0.5) is 0 Å². The van der Waals surface area contributed by atoms with E-state index in [1.165, 1.54) is 5.56 Å². The third-order valence-electron chi connectivity index (χ3n) is 7.76. The summed E-state index contributed by atoms with van der Waals surface area (Å²) < 4.78 is 5.86. The second-order valence-corrected chi connectivity index (χ2v) is 11.1. The molecule has 2 bridgehead atoms. The topological polar surface area (TPSA) is 61.9 Å². The Labute approximate surface area is 241 Å². The highest BCUT2D eigenvalue weighted by atomic mass is 35.5. The van der Waals surface area contributed by atoms with Crippen molar-refractivity contribution in [3.8, 4) is 5.75 Å². The molecule has 3 aromatic carbocycles. The number of piperazine rings is 1. The lowest BCUT2D eigenvalue weighted by Gasteiger charge is -2.44. The van der Waals surface area contributed by atoms with E-state index < -0.39 is 0 Å². The van der Waals surface area contributed by atoms with E-state index in [0.717, 1.165) is 40.9 Å². The highest BCUT2D eigenvalue weighted by molar-refractivity contribution is 6.30. The van der Waals surface area contributed by atoms with Crippen LogP contribution in [-0.2, 0) is 22.4 Å². The van der Waals surface area contributed by atoms with Crippen LogP contribution in [0.5, 0.6) is 5.75 Å². The molecule has 2 heterocycles. The molecule has 2 aliphatic heterocycles. The van der Waals surface area contributed by atoms with Gasteiger partial charge in [0.2, 0.25) is 5.91 Å². The smallest absolute Gasteiger partial charge is 0.251 e. The summed E-state index contributed by atoms with van der Waals surface area (Å²) in [5, 5.41) is 4.29. The SMILES string of the molecule is CC(=O)N1CC2CC(c3ccc(CCOc4cccc(Cl)c4)cc3)=C(C(=O)N(C)CCc3ccccc3)[C@@H](C1)N2. The Hall–Kier alpha value is -3.61. The van der Waals surface area contributed by atoms with Crippen LogP contribution in [-0.4, -0.2) is 67.0 Å². The Balaban J connectivity index is 1.34. The monoisotopic (exact) mass is 557 g/mol. The molecule has 7 heteroatoms. The van der Waals surface area contributed by atoms with Crippen molar-refractivity contribution < 1.29 is 14.3 Å². The number of likely N-dealkylation sites (N-methyl/N-ethyl adjacent to an activating group) is 1. The van der Waals surface area contributed by atoms with Gasteiger partial charge >= 0.3 is 0 Å². The Morgan fingerprint density at radius 1 is 0.975 bits per heavy atom. The molecular formula is C33H36ClN3O3. The van der Waals surface area contributed by atoms with Gasteiger partial charge in [0.15, 0.2) is 0 Å². The second kappa shape index (κ2) is 12.7. The largest absolute Gasteiger partial charge is 0.493 e. The van der Waals surface area contributed by atoms with E-state index in [1.54, 1.807) is 6.92 Å². The van der Waals surface area contributed by atoms with E-state index in [9.17, 15) is 9.59 Å². The number of ether oxygens (including phenoxy) is 1. The van der Waals surface area contributed by atoms with Gasteiger partial charge in [-0.1, -0.05) is 72.3 Å². The van der Waals surface area contributed by atoms with Gasteiger partial charge in [0.05, 0.1) is 12.6 Å². The fraction of sp³-hybridized carbons (Fsp3) is 0.333. The summed E-state index contributed by atoms with van der Waals surface area (Å²) in [5.74, 6) is 0.828. The maximum Gasteiger partial charge on any atom is 0.251 e. The highest BCUT2D eigenvalue weighted by Gasteiger charge is 2.39. The lowest BCUT2D eigenvalue weighted by atomic mass is 9.82. The molecule has 40 heavy (non-hydrogen) atoms. The summed E-state index contributed by atoms with van der Waals surface area (Å²) in [7, 11) is 1.87. The van der Waals surface area contributed by atoms with E-state index in [-0.39, 0.29) is 23.9 Å². The van der Waals surface area contributed by atoms with Gasteiger partial charge in [0.1, 0.15) is 5.75 Å². The van der Waals surface area contributed by atoms with Gasteiger partial charge in [-0.2, -0.15) is 0 Å². The molecule has 1 unspecified atom stereocenters. The van der Waals surface area contributed by atoms with E-state index in [0.29, 0.717) is 37.7 Å². The number of fused-ring (bicyclic) bond motifs is 2. The molecule has 1 saturated heterocycles. The first-order chi connectivity index (χ1) is 19.4. The number of amides is 2. The van der Waals surface area contributed by atoms with Crippen LogP contribution >= 0.6 is 11.6 Å². The molecule has 1 fully saturated rings. The fourth-order valence-electron chi connectivity index (χ4n) is 5.59. The third kappa shape index (κ3) is 6.75. The Morgan fingerprint density at radius 3 is 2.45 bits per heavy atom. The van der Waals surface area contributed by atoms with Crippen molar-refractivity contribution >= 4 is 29.0 Å². The molecule has 2 amide bonds. The predicted molar refractivity (Wildman–Crippen MR) is 159 cm³/mol. The average molecular weight is 558 g/mol. The lowest BCUT2D eigenvalue weighted by molar-refractivity contribution is -0.132. The van der Waals surface area contributed by atoms with Gasteiger partial charge in [-0.3, -0.25) is 9.59 Å².